The van der Waals surface area contributed by atoms with Crippen LogP contribution < -0.4 is 16.0 Å². The fraction of sp³-hybridized carbons (Fsp3) is 0.179. The molecular weight excluding hydrogens is 438 g/mol. The van der Waals surface area contributed by atoms with E-state index in [0.717, 1.165) is 35.2 Å². The number of hydrogen-bond acceptors (Lipinski definition) is 3. The van der Waals surface area contributed by atoms with E-state index in [0.29, 0.717) is 24.3 Å². The predicted molar refractivity (Wildman–Crippen MR) is 136 cm³/mol. The van der Waals surface area contributed by atoms with Gasteiger partial charge in [0.25, 0.3) is 5.91 Å². The van der Waals surface area contributed by atoms with Crippen LogP contribution in [-0.4, -0.2) is 27.8 Å². The number of carbonyl (C=O) groups excluding carboxylic acids is 2. The van der Waals surface area contributed by atoms with Gasteiger partial charge in [-0.25, -0.2) is 4.79 Å². The average Bonchev–Trinajstić information content (AvgIpc) is 3.61. The molecule has 0 radical (unpaired) electrons. The molecule has 35 heavy (non-hydrogen) atoms. The van der Waals surface area contributed by atoms with Gasteiger partial charge in [0.1, 0.15) is 0 Å². The Labute approximate surface area is 204 Å². The summed E-state index contributed by atoms with van der Waals surface area (Å²) < 4.78 is 1.91. The van der Waals surface area contributed by atoms with Gasteiger partial charge in [0.15, 0.2) is 0 Å². The molecule has 1 aliphatic carbocycles. The summed E-state index contributed by atoms with van der Waals surface area (Å²) >= 11 is 0. The summed E-state index contributed by atoms with van der Waals surface area (Å²) in [6.45, 7) is 0.999. The fourth-order valence-corrected chi connectivity index (χ4v) is 3.85. The van der Waals surface area contributed by atoms with Crippen LogP contribution in [0.4, 0.5) is 10.5 Å². The van der Waals surface area contributed by atoms with Gasteiger partial charge in [-0.1, -0.05) is 60.7 Å². The van der Waals surface area contributed by atoms with Crippen molar-refractivity contribution >= 4 is 17.6 Å². The Bertz CT molecular complexity index is 1300. The van der Waals surface area contributed by atoms with Crippen LogP contribution in [0.3, 0.4) is 0 Å². The first-order chi connectivity index (χ1) is 17.1. The molecular formula is C28H27N5O2. The van der Waals surface area contributed by atoms with Crippen molar-refractivity contribution in [3.8, 4) is 11.3 Å². The van der Waals surface area contributed by atoms with Crippen LogP contribution in [0.5, 0.6) is 0 Å². The van der Waals surface area contributed by atoms with Crippen LogP contribution in [0.2, 0.25) is 0 Å². The van der Waals surface area contributed by atoms with Gasteiger partial charge in [0, 0.05) is 41.2 Å². The second-order valence-corrected chi connectivity index (χ2v) is 8.68. The molecule has 1 aliphatic rings. The molecule has 1 aromatic heterocycles. The van der Waals surface area contributed by atoms with Crippen LogP contribution in [0.25, 0.3) is 11.3 Å². The van der Waals surface area contributed by atoms with Crippen molar-refractivity contribution in [2.75, 3.05) is 5.32 Å². The quantitative estimate of drug-likeness (QED) is 0.349. The maximum atomic E-state index is 12.8. The molecule has 0 aliphatic heterocycles. The first-order valence-electron chi connectivity index (χ1n) is 11.8. The van der Waals surface area contributed by atoms with Gasteiger partial charge >= 0.3 is 6.03 Å². The number of amides is 3. The van der Waals surface area contributed by atoms with Gasteiger partial charge in [-0.3, -0.25) is 9.48 Å². The maximum absolute atomic E-state index is 12.8. The Kier molecular flexibility index (Phi) is 6.57. The van der Waals surface area contributed by atoms with Gasteiger partial charge in [-0.15, -0.1) is 0 Å². The van der Waals surface area contributed by atoms with E-state index in [2.05, 4.69) is 28.1 Å². The number of nitrogens with one attached hydrogen (secondary N) is 3. The molecule has 176 valence electrons. The number of rotatable bonds is 8. The number of nitrogens with zero attached hydrogens (tertiary/aromatic N) is 2. The lowest BCUT2D eigenvalue weighted by atomic mass is 10.1. The van der Waals surface area contributed by atoms with Gasteiger partial charge in [0.05, 0.1) is 12.2 Å². The molecule has 0 bridgehead atoms. The number of anilines is 1. The van der Waals surface area contributed by atoms with Crippen LogP contribution in [-0.2, 0) is 13.1 Å². The first kappa shape index (κ1) is 22.4. The fourth-order valence-electron chi connectivity index (χ4n) is 3.85. The molecule has 0 saturated heterocycles. The SMILES string of the molecule is O=C(Nc1ccc(C(=O)NCc2cn(Cc3ccccc3)nc2-c2ccccc2)cc1)NC1CC1. The molecule has 1 fully saturated rings. The number of hydrogen-bond donors (Lipinski definition) is 3. The van der Waals surface area contributed by atoms with E-state index in [4.69, 9.17) is 5.10 Å². The third-order valence-electron chi connectivity index (χ3n) is 5.83. The number of benzene rings is 3. The number of urea groups is 1. The molecule has 3 amide bonds. The molecule has 0 spiro atoms. The second-order valence-electron chi connectivity index (χ2n) is 8.68. The highest BCUT2D eigenvalue weighted by molar-refractivity contribution is 5.95. The highest BCUT2D eigenvalue weighted by atomic mass is 16.2. The van der Waals surface area contributed by atoms with E-state index in [1.54, 1.807) is 24.3 Å². The molecule has 0 unspecified atom stereocenters. The van der Waals surface area contributed by atoms with E-state index in [1.807, 2.05) is 59.4 Å². The van der Waals surface area contributed by atoms with Crippen molar-refractivity contribution in [2.24, 2.45) is 0 Å². The Morgan fingerprint density at radius 1 is 0.886 bits per heavy atom. The largest absolute Gasteiger partial charge is 0.348 e. The first-order valence-corrected chi connectivity index (χ1v) is 11.8. The number of aromatic nitrogens is 2. The third-order valence-corrected chi connectivity index (χ3v) is 5.83. The second kappa shape index (κ2) is 10.3. The van der Waals surface area contributed by atoms with E-state index < -0.39 is 0 Å². The van der Waals surface area contributed by atoms with E-state index in [-0.39, 0.29) is 18.0 Å². The maximum Gasteiger partial charge on any atom is 0.319 e. The van der Waals surface area contributed by atoms with Crippen LogP contribution in [0.1, 0.15) is 34.3 Å². The lowest BCUT2D eigenvalue weighted by molar-refractivity contribution is 0.0951. The summed E-state index contributed by atoms with van der Waals surface area (Å²) in [5.41, 5.74) is 5.12. The zero-order valence-corrected chi connectivity index (χ0v) is 19.3. The average molecular weight is 466 g/mol. The van der Waals surface area contributed by atoms with Crippen molar-refractivity contribution in [1.29, 1.82) is 0 Å². The monoisotopic (exact) mass is 465 g/mol. The van der Waals surface area contributed by atoms with E-state index >= 15 is 0 Å². The summed E-state index contributed by atoms with van der Waals surface area (Å²) in [6, 6.07) is 27.1. The van der Waals surface area contributed by atoms with Crippen LogP contribution in [0, 0.1) is 0 Å². The van der Waals surface area contributed by atoms with Gasteiger partial charge < -0.3 is 16.0 Å². The van der Waals surface area contributed by atoms with Crippen LogP contribution >= 0.6 is 0 Å². The Hall–Kier alpha value is -4.39. The highest BCUT2D eigenvalue weighted by Gasteiger charge is 2.23. The lowest BCUT2D eigenvalue weighted by Crippen LogP contribution is -2.30. The zero-order valence-electron chi connectivity index (χ0n) is 19.3. The normalized spacial score (nSPS) is 12.7. The minimum atomic E-state index is -0.217. The lowest BCUT2D eigenvalue weighted by Gasteiger charge is -2.08. The van der Waals surface area contributed by atoms with Crippen LogP contribution in [0.15, 0.2) is 91.1 Å². The van der Waals surface area contributed by atoms with E-state index in [1.165, 1.54) is 0 Å². The summed E-state index contributed by atoms with van der Waals surface area (Å²) in [7, 11) is 0. The predicted octanol–water partition coefficient (Wildman–Crippen LogP) is 4.81. The topological polar surface area (TPSA) is 88.1 Å². The van der Waals surface area contributed by atoms with Gasteiger partial charge in [-0.2, -0.15) is 5.10 Å². The smallest absolute Gasteiger partial charge is 0.319 e. The molecule has 3 N–H and O–H groups in total. The molecule has 3 aromatic carbocycles. The molecule has 1 heterocycles. The third kappa shape index (κ3) is 5.95. The van der Waals surface area contributed by atoms with Crippen molar-refractivity contribution < 1.29 is 9.59 Å². The van der Waals surface area contributed by atoms with Crippen molar-refractivity contribution in [3.05, 3.63) is 108 Å². The zero-order chi connectivity index (χ0) is 24.0. The van der Waals surface area contributed by atoms with Crippen molar-refractivity contribution in [1.82, 2.24) is 20.4 Å². The summed E-state index contributed by atoms with van der Waals surface area (Å²) in [5.74, 6) is -0.186. The molecule has 7 nitrogen and oxygen atoms in total. The Morgan fingerprint density at radius 3 is 2.26 bits per heavy atom. The van der Waals surface area contributed by atoms with Crippen molar-refractivity contribution in [2.45, 2.75) is 32.0 Å². The van der Waals surface area contributed by atoms with E-state index in [9.17, 15) is 9.59 Å². The molecule has 7 heteroatoms. The molecule has 1 saturated carbocycles. The summed E-state index contributed by atoms with van der Waals surface area (Å²) in [4.78, 5) is 24.7. The Balaban J connectivity index is 1.26. The molecule has 5 rings (SSSR count). The number of carbonyl (C=O) groups is 2. The summed E-state index contributed by atoms with van der Waals surface area (Å²) in [5, 5.41) is 13.5. The summed E-state index contributed by atoms with van der Waals surface area (Å²) in [6.07, 6.45) is 4.05. The molecule has 0 atom stereocenters. The minimum Gasteiger partial charge on any atom is -0.348 e. The minimum absolute atomic E-state index is 0.186. The van der Waals surface area contributed by atoms with Crippen molar-refractivity contribution in [3.63, 3.8) is 0 Å². The molecule has 4 aromatic rings. The Morgan fingerprint density at radius 2 is 1.57 bits per heavy atom. The van der Waals surface area contributed by atoms with Gasteiger partial charge in [0.2, 0.25) is 0 Å². The van der Waals surface area contributed by atoms with Gasteiger partial charge in [-0.05, 0) is 42.7 Å². The standard InChI is InChI=1S/C28H27N5O2/c34-27(22-11-13-24(14-12-22)30-28(35)31-25-15-16-25)29-17-23-19-33(18-20-7-3-1-4-8-20)32-26(23)21-9-5-2-6-10-21/h1-14,19,25H,15-18H2,(H,29,34)(H2,30,31,35). The highest BCUT2D eigenvalue weighted by Crippen LogP contribution is 2.23.